The second-order valence-corrected chi connectivity index (χ2v) is 5.22. The first-order chi connectivity index (χ1) is 8.49. The number of likely N-dealkylation sites (N-methyl/N-ethyl adjacent to an activating group) is 1. The molecule has 0 aliphatic carbocycles. The Hall–Kier alpha value is -0.670. The van der Waals surface area contributed by atoms with E-state index in [1.807, 2.05) is 6.92 Å². The third kappa shape index (κ3) is 3.92. The summed E-state index contributed by atoms with van der Waals surface area (Å²) in [6.45, 7) is 13.7. The Morgan fingerprint density at radius 2 is 1.78 bits per heavy atom. The van der Waals surface area contributed by atoms with Crippen molar-refractivity contribution in [1.82, 2.24) is 14.9 Å². The molecule has 0 amide bonds. The average Bonchev–Trinajstić information content (AvgIpc) is 2.28. The number of aryl methyl sites for hydroxylation is 1. The van der Waals surface area contributed by atoms with Gasteiger partial charge in [-0.15, -0.1) is 0 Å². The number of nitrogens with zero attached hydrogens (tertiary/aromatic N) is 3. The fourth-order valence-corrected chi connectivity index (χ4v) is 2.62. The summed E-state index contributed by atoms with van der Waals surface area (Å²) in [7, 11) is 0. The van der Waals surface area contributed by atoms with Crippen LogP contribution in [0.15, 0.2) is 0 Å². The molecule has 0 bridgehead atoms. The number of aromatic nitrogens is 2. The van der Waals surface area contributed by atoms with Crippen molar-refractivity contribution >= 4 is 11.6 Å². The van der Waals surface area contributed by atoms with E-state index >= 15 is 0 Å². The van der Waals surface area contributed by atoms with Crippen LogP contribution in [-0.4, -0.2) is 34.5 Å². The van der Waals surface area contributed by atoms with Crippen molar-refractivity contribution in [3.63, 3.8) is 0 Å². The zero-order valence-electron chi connectivity index (χ0n) is 12.1. The second-order valence-electron chi connectivity index (χ2n) is 4.86. The van der Waals surface area contributed by atoms with Crippen LogP contribution in [0.4, 0.5) is 0 Å². The van der Waals surface area contributed by atoms with Crippen LogP contribution in [0.5, 0.6) is 0 Å². The molecule has 0 atom stereocenters. The average molecular weight is 270 g/mol. The van der Waals surface area contributed by atoms with Crippen molar-refractivity contribution in [2.45, 2.75) is 47.0 Å². The molecule has 102 valence electrons. The number of rotatable bonds is 6. The predicted octanol–water partition coefficient (Wildman–Crippen LogP) is 3.45. The summed E-state index contributed by atoms with van der Waals surface area (Å²) < 4.78 is 0. The Kier molecular flexibility index (Phi) is 6.03. The molecule has 0 saturated heterocycles. The van der Waals surface area contributed by atoms with Gasteiger partial charge in [0.2, 0.25) is 0 Å². The lowest BCUT2D eigenvalue weighted by molar-refractivity contribution is 0.305. The molecule has 0 aliphatic rings. The lowest BCUT2D eigenvalue weighted by Crippen LogP contribution is -2.26. The molecule has 1 aromatic heterocycles. The Morgan fingerprint density at radius 3 is 2.22 bits per heavy atom. The third-order valence-electron chi connectivity index (χ3n) is 3.26. The molecular formula is C14H24ClN3. The number of hydrogen-bond donors (Lipinski definition) is 0. The van der Waals surface area contributed by atoms with E-state index in [0.717, 1.165) is 43.1 Å². The van der Waals surface area contributed by atoms with Gasteiger partial charge in [0, 0.05) is 24.2 Å². The van der Waals surface area contributed by atoms with Crippen LogP contribution in [0, 0.1) is 6.92 Å². The monoisotopic (exact) mass is 269 g/mol. The zero-order chi connectivity index (χ0) is 13.7. The van der Waals surface area contributed by atoms with Gasteiger partial charge in [-0.05, 0) is 25.9 Å². The van der Waals surface area contributed by atoms with Gasteiger partial charge in [0.05, 0.1) is 0 Å². The fraction of sp³-hybridized carbons (Fsp3) is 0.714. The molecule has 0 spiro atoms. The van der Waals surface area contributed by atoms with E-state index in [9.17, 15) is 0 Å². The molecule has 4 heteroatoms. The molecular weight excluding hydrogens is 246 g/mol. The van der Waals surface area contributed by atoms with Crippen LogP contribution in [-0.2, 0) is 6.42 Å². The minimum atomic E-state index is 0.370. The van der Waals surface area contributed by atoms with Gasteiger partial charge in [-0.1, -0.05) is 39.3 Å². The first kappa shape index (κ1) is 15.4. The topological polar surface area (TPSA) is 29.0 Å². The van der Waals surface area contributed by atoms with Crippen LogP contribution in [0.1, 0.15) is 50.7 Å². The number of hydrogen-bond acceptors (Lipinski definition) is 3. The van der Waals surface area contributed by atoms with Gasteiger partial charge in [-0.25, -0.2) is 9.97 Å². The minimum absolute atomic E-state index is 0.370. The highest BCUT2D eigenvalue weighted by Gasteiger charge is 2.13. The van der Waals surface area contributed by atoms with Crippen LogP contribution in [0.25, 0.3) is 0 Å². The highest BCUT2D eigenvalue weighted by atomic mass is 35.5. The van der Waals surface area contributed by atoms with Gasteiger partial charge >= 0.3 is 0 Å². The van der Waals surface area contributed by atoms with E-state index in [1.54, 1.807) is 0 Å². The Balaban J connectivity index is 2.80. The molecule has 1 heterocycles. The highest BCUT2D eigenvalue weighted by molar-refractivity contribution is 6.30. The molecule has 1 aromatic rings. The Labute approximate surface area is 116 Å². The lowest BCUT2D eigenvalue weighted by Gasteiger charge is -2.18. The molecule has 18 heavy (non-hydrogen) atoms. The van der Waals surface area contributed by atoms with Crippen molar-refractivity contribution in [1.29, 1.82) is 0 Å². The molecule has 0 unspecified atom stereocenters. The first-order valence-corrected chi connectivity index (χ1v) is 7.12. The molecule has 0 N–H and O–H groups in total. The predicted molar refractivity (Wildman–Crippen MR) is 77.4 cm³/mol. The Morgan fingerprint density at radius 1 is 1.17 bits per heavy atom. The second kappa shape index (κ2) is 7.05. The largest absolute Gasteiger partial charge is 0.303 e. The summed E-state index contributed by atoms with van der Waals surface area (Å²) in [6, 6.07) is 0. The Bertz CT molecular complexity index is 364. The molecule has 3 nitrogen and oxygen atoms in total. The van der Waals surface area contributed by atoms with Crippen LogP contribution in [0.2, 0.25) is 5.15 Å². The van der Waals surface area contributed by atoms with Crippen molar-refractivity contribution in [2.75, 3.05) is 19.6 Å². The molecule has 0 aromatic carbocycles. The molecule has 0 saturated carbocycles. The van der Waals surface area contributed by atoms with E-state index < -0.39 is 0 Å². The van der Waals surface area contributed by atoms with Crippen molar-refractivity contribution in [2.24, 2.45) is 0 Å². The van der Waals surface area contributed by atoms with Crippen molar-refractivity contribution in [3.8, 4) is 0 Å². The maximum absolute atomic E-state index is 6.25. The van der Waals surface area contributed by atoms with E-state index in [2.05, 4.69) is 42.6 Å². The summed E-state index contributed by atoms with van der Waals surface area (Å²) in [5, 5.41) is 0.618. The molecule has 1 rings (SSSR count). The molecule has 0 aliphatic heterocycles. The van der Waals surface area contributed by atoms with Gasteiger partial charge in [0.1, 0.15) is 11.0 Å². The van der Waals surface area contributed by atoms with Gasteiger partial charge in [-0.3, -0.25) is 0 Å². The number of halogens is 1. The van der Waals surface area contributed by atoms with Gasteiger partial charge in [-0.2, -0.15) is 0 Å². The zero-order valence-corrected chi connectivity index (χ0v) is 12.9. The van der Waals surface area contributed by atoms with Gasteiger partial charge < -0.3 is 4.90 Å². The smallest absolute Gasteiger partial charge is 0.136 e. The van der Waals surface area contributed by atoms with Gasteiger partial charge in [0.25, 0.3) is 0 Å². The fourth-order valence-electron chi connectivity index (χ4n) is 2.17. The molecule has 0 radical (unpaired) electrons. The summed E-state index contributed by atoms with van der Waals surface area (Å²) >= 11 is 6.25. The van der Waals surface area contributed by atoms with Crippen molar-refractivity contribution < 1.29 is 0 Å². The maximum atomic E-state index is 6.25. The van der Waals surface area contributed by atoms with Crippen LogP contribution in [0.3, 0.4) is 0 Å². The van der Waals surface area contributed by atoms with E-state index in [0.29, 0.717) is 11.1 Å². The van der Waals surface area contributed by atoms with Crippen molar-refractivity contribution in [3.05, 3.63) is 22.2 Å². The third-order valence-corrected chi connectivity index (χ3v) is 3.55. The first-order valence-electron chi connectivity index (χ1n) is 6.74. The lowest BCUT2D eigenvalue weighted by atomic mass is 10.0. The van der Waals surface area contributed by atoms with E-state index in [4.69, 9.17) is 11.6 Å². The van der Waals surface area contributed by atoms with E-state index in [1.165, 1.54) is 0 Å². The minimum Gasteiger partial charge on any atom is -0.303 e. The summed E-state index contributed by atoms with van der Waals surface area (Å²) in [5.41, 5.74) is 2.09. The highest BCUT2D eigenvalue weighted by Crippen LogP contribution is 2.24. The van der Waals surface area contributed by atoms with Crippen LogP contribution < -0.4 is 0 Å². The van der Waals surface area contributed by atoms with Gasteiger partial charge in [0.15, 0.2) is 0 Å². The SMILES string of the molecule is CCN(CC)CCc1nc(C)c(C(C)C)c(Cl)n1. The maximum Gasteiger partial charge on any atom is 0.136 e. The normalized spacial score (nSPS) is 11.6. The quantitative estimate of drug-likeness (QED) is 0.741. The molecule has 0 fully saturated rings. The standard InChI is InChI=1S/C14H24ClN3/c1-6-18(7-2)9-8-12-16-11(5)13(10(3)4)14(15)17-12/h10H,6-9H2,1-5H3. The van der Waals surface area contributed by atoms with Crippen LogP contribution >= 0.6 is 11.6 Å². The summed E-state index contributed by atoms with van der Waals surface area (Å²) in [6.07, 6.45) is 0.862. The van der Waals surface area contributed by atoms with E-state index in [-0.39, 0.29) is 0 Å². The summed E-state index contributed by atoms with van der Waals surface area (Å²) in [5.74, 6) is 1.23. The summed E-state index contributed by atoms with van der Waals surface area (Å²) in [4.78, 5) is 11.4.